The molecule has 1 spiro atoms. The van der Waals surface area contributed by atoms with Gasteiger partial charge in [-0.05, 0) is 79.2 Å². The van der Waals surface area contributed by atoms with Gasteiger partial charge in [0, 0.05) is 31.1 Å². The van der Waals surface area contributed by atoms with Gasteiger partial charge in [0.2, 0.25) is 0 Å². The Morgan fingerprint density at radius 1 is 0.947 bits per heavy atom. The maximum Gasteiger partial charge on any atom is 0.316 e. The van der Waals surface area contributed by atoms with Crippen LogP contribution >= 0.6 is 0 Å². The highest BCUT2D eigenvalue weighted by molar-refractivity contribution is 6.74. The van der Waals surface area contributed by atoms with Gasteiger partial charge in [-0.25, -0.2) is 0 Å². The van der Waals surface area contributed by atoms with E-state index in [1.807, 2.05) is 45.1 Å². The van der Waals surface area contributed by atoms with E-state index < -0.39 is 64.3 Å². The van der Waals surface area contributed by atoms with E-state index in [9.17, 15) is 15.0 Å². The van der Waals surface area contributed by atoms with E-state index in [1.165, 1.54) is 0 Å². The van der Waals surface area contributed by atoms with Crippen LogP contribution in [0.4, 0.5) is 0 Å². The van der Waals surface area contributed by atoms with Crippen molar-refractivity contribution in [2.24, 2.45) is 23.7 Å². The molecule has 3 saturated heterocycles. The molecular weight excluding hydrogens is 753 g/mol. The lowest BCUT2D eigenvalue weighted by Crippen LogP contribution is -2.62. The third-order valence-corrected chi connectivity index (χ3v) is 24.0. The van der Waals surface area contributed by atoms with Crippen molar-refractivity contribution in [1.82, 2.24) is 0 Å². The average molecular weight is 831 g/mol. The number of fused-ring (bicyclic) bond motifs is 2. The van der Waals surface area contributed by atoms with Gasteiger partial charge in [0.1, 0.15) is 23.7 Å². The number of carbonyl (C=O) groups excluding carboxylic acids is 1. The molecular formula is C46H78O9Si2. The van der Waals surface area contributed by atoms with Crippen LogP contribution in [0.5, 0.6) is 0 Å². The highest BCUT2D eigenvalue weighted by Gasteiger charge is 2.62. The van der Waals surface area contributed by atoms with Gasteiger partial charge in [-0.2, -0.15) is 0 Å². The molecule has 0 saturated carbocycles. The molecule has 3 fully saturated rings. The summed E-state index contributed by atoms with van der Waals surface area (Å²) in [6.07, 6.45) is 9.20. The van der Waals surface area contributed by atoms with Crippen LogP contribution in [0, 0.1) is 23.7 Å². The lowest BCUT2D eigenvalue weighted by atomic mass is 9.71. The van der Waals surface area contributed by atoms with Gasteiger partial charge in [0.15, 0.2) is 22.4 Å². The molecule has 5 aliphatic rings. The van der Waals surface area contributed by atoms with E-state index in [-0.39, 0.29) is 52.7 Å². The van der Waals surface area contributed by atoms with Crippen LogP contribution in [-0.2, 0) is 32.6 Å². The quantitative estimate of drug-likeness (QED) is 0.154. The first-order valence-corrected chi connectivity index (χ1v) is 27.6. The van der Waals surface area contributed by atoms with Crippen LogP contribution in [0.15, 0.2) is 47.1 Å². The van der Waals surface area contributed by atoms with Crippen LogP contribution in [-0.4, -0.2) is 93.5 Å². The standard InChI is InChI=1S/C46H78O9Si2/c1-17-28(2)39-32(6)37(54-56(13,14)43(7,8)9)26-45(53-39)25-35-24-34(52-45)22-21-30(4)38(47)29(3)19-18-20-33-27-50-41-40(55-57(15,16)44(10,11)12)31(5)23-36(42(48)51-35)46(33,41)49/h18-21,23,28-29,32,34-41,47,49H,17,22,24-27H2,1-16H3/b19-18+,30-21+,33-20+/t28-,29-,32-,34+,35-,36-,37-,38-,39+,40+,41+,45-,46+/m0/s1. The van der Waals surface area contributed by atoms with Crippen LogP contribution in [0.1, 0.15) is 115 Å². The van der Waals surface area contributed by atoms with Crippen molar-refractivity contribution >= 4 is 22.6 Å². The van der Waals surface area contributed by atoms with Gasteiger partial charge in [0.25, 0.3) is 0 Å². The zero-order valence-corrected chi connectivity index (χ0v) is 40.2. The number of esters is 1. The second-order valence-electron chi connectivity index (χ2n) is 21.4. The molecule has 0 amide bonds. The largest absolute Gasteiger partial charge is 0.462 e. The molecule has 1 aliphatic carbocycles. The summed E-state index contributed by atoms with van der Waals surface area (Å²) in [6.45, 7) is 35.1. The van der Waals surface area contributed by atoms with Gasteiger partial charge in [-0.1, -0.05) is 106 Å². The number of hydrogen-bond acceptors (Lipinski definition) is 9. The number of aliphatic hydroxyl groups excluding tert-OH is 1. The second-order valence-corrected chi connectivity index (χ2v) is 30.9. The Kier molecular flexibility index (Phi) is 13.7. The van der Waals surface area contributed by atoms with Crippen molar-refractivity contribution in [3.05, 3.63) is 47.1 Å². The molecule has 0 unspecified atom stereocenters. The minimum atomic E-state index is -2.32. The number of aliphatic hydroxyl groups is 2. The van der Waals surface area contributed by atoms with E-state index in [2.05, 4.69) is 94.6 Å². The molecule has 11 heteroatoms. The van der Waals surface area contributed by atoms with Crippen LogP contribution < -0.4 is 0 Å². The molecule has 4 aliphatic heterocycles. The topological polar surface area (TPSA) is 113 Å². The maximum atomic E-state index is 14.8. The van der Waals surface area contributed by atoms with Crippen molar-refractivity contribution in [3.63, 3.8) is 0 Å². The summed E-state index contributed by atoms with van der Waals surface area (Å²) in [5, 5.41) is 24.4. The third kappa shape index (κ3) is 9.42. The molecule has 0 aromatic rings. The maximum absolute atomic E-state index is 14.8. The Morgan fingerprint density at radius 2 is 1.58 bits per heavy atom. The van der Waals surface area contributed by atoms with E-state index in [1.54, 1.807) is 0 Å². The minimum absolute atomic E-state index is 0.0197. The fourth-order valence-electron chi connectivity index (χ4n) is 8.89. The predicted octanol–water partition coefficient (Wildman–Crippen LogP) is 9.56. The first-order chi connectivity index (χ1) is 26.2. The number of allylic oxidation sites excluding steroid dienone is 2. The van der Waals surface area contributed by atoms with E-state index in [4.69, 9.17) is 27.8 Å². The van der Waals surface area contributed by atoms with Crippen molar-refractivity contribution < 1.29 is 42.8 Å². The monoisotopic (exact) mass is 831 g/mol. The molecule has 0 aromatic carbocycles. The highest BCUT2D eigenvalue weighted by Crippen LogP contribution is 2.51. The van der Waals surface area contributed by atoms with Crippen LogP contribution in [0.25, 0.3) is 0 Å². The van der Waals surface area contributed by atoms with Gasteiger partial charge >= 0.3 is 5.97 Å². The molecule has 2 bridgehead atoms. The van der Waals surface area contributed by atoms with Crippen molar-refractivity contribution in [2.75, 3.05) is 6.61 Å². The Balaban J connectivity index is 1.59. The SMILES string of the molecule is CC[C@H](C)[C@H]1O[C@@]2(C[C@@H]3C[C@@H](C/C=C(\C)[C@@H](O)[C@@H](C)/C=C/C=C4\CO[C@@H]5[C@H](O[Si](C)(C)C(C)(C)C)C(C)=C[C@@H](C(=O)O3)[C@]45O)O2)C[C@H](O[Si](C)(C)C(C)(C)C)[C@@H]1C. The number of carbonyl (C=O) groups is 1. The Hall–Kier alpha value is -1.42. The Bertz CT molecular complexity index is 1590. The molecule has 5 rings (SSSR count). The van der Waals surface area contributed by atoms with Gasteiger partial charge in [-0.15, -0.1) is 0 Å². The third-order valence-electron chi connectivity index (χ3n) is 15.0. The Morgan fingerprint density at radius 3 is 2.19 bits per heavy atom. The van der Waals surface area contributed by atoms with Crippen LogP contribution in [0.2, 0.25) is 36.3 Å². The van der Waals surface area contributed by atoms with Crippen LogP contribution in [0.3, 0.4) is 0 Å². The predicted molar refractivity (Wildman–Crippen MR) is 232 cm³/mol. The summed E-state index contributed by atoms with van der Waals surface area (Å²) in [7, 11) is -4.51. The van der Waals surface area contributed by atoms with Gasteiger partial charge < -0.3 is 38.0 Å². The molecule has 0 radical (unpaired) electrons. The smallest absolute Gasteiger partial charge is 0.316 e. The lowest BCUT2D eigenvalue weighted by Gasteiger charge is -2.55. The number of ether oxygens (including phenoxy) is 4. The summed E-state index contributed by atoms with van der Waals surface area (Å²) in [4.78, 5) is 14.8. The molecule has 9 nitrogen and oxygen atoms in total. The molecule has 0 aromatic heterocycles. The van der Waals surface area contributed by atoms with E-state index in [0.29, 0.717) is 31.3 Å². The van der Waals surface area contributed by atoms with E-state index in [0.717, 1.165) is 17.6 Å². The highest BCUT2D eigenvalue weighted by atomic mass is 28.4. The summed E-state index contributed by atoms with van der Waals surface area (Å²) >= 11 is 0. The zero-order chi connectivity index (χ0) is 42.7. The lowest BCUT2D eigenvalue weighted by molar-refractivity contribution is -0.353. The molecule has 324 valence electrons. The summed E-state index contributed by atoms with van der Waals surface area (Å²) in [5.41, 5.74) is 0.589. The molecule has 2 N–H and O–H groups in total. The first kappa shape index (κ1) is 46.6. The van der Waals surface area contributed by atoms with Crippen molar-refractivity contribution in [1.29, 1.82) is 0 Å². The Labute approximate surface area is 347 Å². The zero-order valence-electron chi connectivity index (χ0n) is 38.2. The summed E-state index contributed by atoms with van der Waals surface area (Å²) < 4.78 is 41.5. The summed E-state index contributed by atoms with van der Waals surface area (Å²) in [5.74, 6) is -2.38. The fraction of sp³-hybridized carbons (Fsp3) is 0.804. The number of rotatable bonds is 6. The second kappa shape index (κ2) is 16.8. The minimum Gasteiger partial charge on any atom is -0.462 e. The normalized spacial score (nSPS) is 41.6. The summed E-state index contributed by atoms with van der Waals surface area (Å²) in [6, 6.07) is 0. The van der Waals surface area contributed by atoms with Crippen molar-refractivity contribution in [3.8, 4) is 0 Å². The number of hydrogen-bond donors (Lipinski definition) is 2. The van der Waals surface area contributed by atoms with Gasteiger partial charge in [0.05, 0.1) is 37.1 Å². The van der Waals surface area contributed by atoms with Gasteiger partial charge in [-0.3, -0.25) is 4.79 Å². The first-order valence-electron chi connectivity index (χ1n) is 21.8. The molecule has 4 heterocycles. The average Bonchev–Trinajstić information content (AvgIpc) is 3.43. The van der Waals surface area contributed by atoms with Crippen molar-refractivity contribution in [2.45, 2.75) is 206 Å². The van der Waals surface area contributed by atoms with E-state index >= 15 is 0 Å². The fourth-order valence-corrected chi connectivity index (χ4v) is 11.6. The molecule has 13 atom stereocenters. The molecule has 57 heavy (non-hydrogen) atoms.